The molecule has 5 nitrogen and oxygen atoms in total. The Morgan fingerprint density at radius 1 is 0.880 bits per heavy atom. The van der Waals surface area contributed by atoms with Crippen LogP contribution in [0.2, 0.25) is 0 Å². The fourth-order valence-corrected chi connectivity index (χ4v) is 5.75. The lowest BCUT2D eigenvalue weighted by Gasteiger charge is -2.24. The Bertz CT molecular complexity index is 937. The third kappa shape index (κ3) is 2.61. The van der Waals surface area contributed by atoms with E-state index < -0.39 is 9.84 Å². The number of hydrogen-bond acceptors (Lipinski definition) is 3. The number of sulfone groups is 1. The second-order valence-electron chi connectivity index (χ2n) is 6.86. The number of fused-ring (bicyclic) bond motifs is 1. The molecule has 2 aromatic rings. The summed E-state index contributed by atoms with van der Waals surface area (Å²) in [5.41, 5.74) is 3.60. The summed E-state index contributed by atoms with van der Waals surface area (Å²) in [6.45, 7) is 3.92. The zero-order valence-electron chi connectivity index (χ0n) is 14.2. The highest BCUT2D eigenvalue weighted by atomic mass is 32.2. The molecule has 0 aromatic heterocycles. The average Bonchev–Trinajstić information content (AvgIpc) is 2.99. The Labute approximate surface area is 147 Å². The van der Waals surface area contributed by atoms with E-state index in [2.05, 4.69) is 0 Å². The van der Waals surface area contributed by atoms with Crippen molar-refractivity contribution in [2.45, 2.75) is 25.9 Å². The van der Waals surface area contributed by atoms with Gasteiger partial charge in [0.05, 0.1) is 23.6 Å². The molecular weight excluding hydrogens is 336 g/mol. The number of carbonyl (C=O) groups excluding carboxylic acids is 1. The minimum absolute atomic E-state index is 0.0136. The second kappa shape index (κ2) is 5.59. The molecule has 0 saturated carbocycles. The van der Waals surface area contributed by atoms with Gasteiger partial charge in [0.1, 0.15) is 0 Å². The van der Waals surface area contributed by atoms with E-state index in [-0.39, 0.29) is 29.6 Å². The minimum atomic E-state index is -3.17. The first kappa shape index (κ1) is 16.1. The molecule has 130 valence electrons. The molecule has 0 radical (unpaired) electrons. The van der Waals surface area contributed by atoms with E-state index in [1.165, 1.54) is 0 Å². The number of urea groups is 1. The van der Waals surface area contributed by atoms with Crippen molar-refractivity contribution in [2.75, 3.05) is 21.3 Å². The Morgan fingerprint density at radius 3 is 2.12 bits per heavy atom. The van der Waals surface area contributed by atoms with Gasteiger partial charge in [-0.15, -0.1) is 0 Å². The van der Waals surface area contributed by atoms with Gasteiger partial charge in [-0.2, -0.15) is 0 Å². The van der Waals surface area contributed by atoms with E-state index in [1.807, 2.05) is 62.4 Å². The molecule has 2 aromatic carbocycles. The summed E-state index contributed by atoms with van der Waals surface area (Å²) in [6.07, 6.45) is 0. The summed E-state index contributed by atoms with van der Waals surface area (Å²) >= 11 is 0. The molecule has 2 heterocycles. The van der Waals surface area contributed by atoms with Gasteiger partial charge in [0.25, 0.3) is 0 Å². The maximum atomic E-state index is 13.2. The van der Waals surface area contributed by atoms with Crippen molar-refractivity contribution < 1.29 is 13.2 Å². The molecule has 2 aliphatic rings. The Hall–Kier alpha value is -2.34. The average molecular weight is 356 g/mol. The third-order valence-electron chi connectivity index (χ3n) is 5.06. The van der Waals surface area contributed by atoms with E-state index in [9.17, 15) is 13.2 Å². The number of anilines is 2. The standard InChI is InChI=1S/C19H20N2O3S/c1-13-7-9-15(10-8-13)20-17-11-25(23,24)12-18(17)21(19(20)22)16-6-4-3-5-14(16)2/h3-10,17-18H,11-12H2,1-2H3/t17-,18-/m0/s1. The van der Waals surface area contributed by atoms with Crippen LogP contribution in [0.4, 0.5) is 16.2 Å². The third-order valence-corrected chi connectivity index (χ3v) is 6.75. The monoisotopic (exact) mass is 356 g/mol. The van der Waals surface area contributed by atoms with Crippen LogP contribution in [0.1, 0.15) is 11.1 Å². The van der Waals surface area contributed by atoms with E-state index >= 15 is 0 Å². The van der Waals surface area contributed by atoms with Crippen LogP contribution < -0.4 is 9.80 Å². The lowest BCUT2D eigenvalue weighted by atomic mass is 10.1. The van der Waals surface area contributed by atoms with Gasteiger partial charge < -0.3 is 0 Å². The largest absolute Gasteiger partial charge is 0.329 e. The van der Waals surface area contributed by atoms with Crippen molar-refractivity contribution in [1.82, 2.24) is 0 Å². The maximum Gasteiger partial charge on any atom is 0.329 e. The predicted molar refractivity (Wildman–Crippen MR) is 98.9 cm³/mol. The first-order chi connectivity index (χ1) is 11.9. The van der Waals surface area contributed by atoms with Gasteiger partial charge in [0.15, 0.2) is 9.84 Å². The molecule has 2 atom stereocenters. The van der Waals surface area contributed by atoms with Crippen LogP contribution >= 0.6 is 0 Å². The fourth-order valence-electron chi connectivity index (χ4n) is 3.83. The van der Waals surface area contributed by atoms with E-state index in [4.69, 9.17) is 0 Å². The summed E-state index contributed by atoms with van der Waals surface area (Å²) in [7, 11) is -3.17. The molecule has 0 bridgehead atoms. The van der Waals surface area contributed by atoms with Crippen molar-refractivity contribution in [3.8, 4) is 0 Å². The summed E-state index contributed by atoms with van der Waals surface area (Å²) in [6, 6.07) is 14.4. The van der Waals surface area contributed by atoms with Gasteiger partial charge in [-0.25, -0.2) is 13.2 Å². The molecule has 0 aliphatic carbocycles. The van der Waals surface area contributed by atoms with Gasteiger partial charge in [0.2, 0.25) is 0 Å². The van der Waals surface area contributed by atoms with Gasteiger partial charge in [0, 0.05) is 11.4 Å². The van der Waals surface area contributed by atoms with Crippen LogP contribution in [0.25, 0.3) is 0 Å². The van der Waals surface area contributed by atoms with Crippen molar-refractivity contribution in [3.63, 3.8) is 0 Å². The quantitative estimate of drug-likeness (QED) is 0.778. The Kier molecular flexibility index (Phi) is 3.61. The Balaban J connectivity index is 1.83. The molecule has 2 saturated heterocycles. The predicted octanol–water partition coefficient (Wildman–Crippen LogP) is 2.92. The summed E-state index contributed by atoms with van der Waals surface area (Å²) in [4.78, 5) is 16.6. The van der Waals surface area contributed by atoms with Gasteiger partial charge in [-0.1, -0.05) is 35.9 Å². The SMILES string of the molecule is Cc1ccc(N2C(=O)N(c3ccccc3C)[C@H]3CS(=O)(=O)C[C@@H]32)cc1. The highest BCUT2D eigenvalue weighted by molar-refractivity contribution is 7.91. The Morgan fingerprint density at radius 2 is 1.48 bits per heavy atom. The first-order valence-corrected chi connectivity index (χ1v) is 10.1. The lowest BCUT2D eigenvalue weighted by Crippen LogP contribution is -2.38. The number of aryl methyl sites for hydroxylation is 2. The lowest BCUT2D eigenvalue weighted by molar-refractivity contribution is 0.255. The van der Waals surface area contributed by atoms with Crippen molar-refractivity contribution in [3.05, 3.63) is 59.7 Å². The minimum Gasteiger partial charge on any atom is -0.288 e. The normalized spacial score (nSPS) is 24.6. The highest BCUT2D eigenvalue weighted by Crippen LogP contribution is 2.38. The molecule has 2 aliphatic heterocycles. The number of amides is 2. The van der Waals surface area contributed by atoms with Crippen LogP contribution in [0.15, 0.2) is 48.5 Å². The number of hydrogen-bond donors (Lipinski definition) is 0. The number of nitrogens with zero attached hydrogens (tertiary/aromatic N) is 2. The van der Waals surface area contributed by atoms with Gasteiger partial charge in [-0.3, -0.25) is 9.80 Å². The van der Waals surface area contributed by atoms with Crippen LogP contribution in [0, 0.1) is 13.8 Å². The van der Waals surface area contributed by atoms with Crippen LogP contribution in [0.3, 0.4) is 0 Å². The van der Waals surface area contributed by atoms with Crippen molar-refractivity contribution in [1.29, 1.82) is 0 Å². The fraction of sp³-hybridized carbons (Fsp3) is 0.316. The summed E-state index contributed by atoms with van der Waals surface area (Å²) < 4.78 is 24.6. The van der Waals surface area contributed by atoms with Gasteiger partial charge >= 0.3 is 6.03 Å². The van der Waals surface area contributed by atoms with Crippen LogP contribution in [0.5, 0.6) is 0 Å². The molecule has 4 rings (SSSR count). The molecule has 0 spiro atoms. The van der Waals surface area contributed by atoms with E-state index in [0.717, 1.165) is 22.5 Å². The van der Waals surface area contributed by atoms with E-state index in [0.29, 0.717) is 0 Å². The molecule has 6 heteroatoms. The second-order valence-corrected chi connectivity index (χ2v) is 9.01. The number of para-hydroxylation sites is 1. The van der Waals surface area contributed by atoms with Crippen molar-refractivity contribution in [2.24, 2.45) is 0 Å². The first-order valence-electron chi connectivity index (χ1n) is 8.32. The molecule has 25 heavy (non-hydrogen) atoms. The molecular formula is C19H20N2O3S. The van der Waals surface area contributed by atoms with Crippen LogP contribution in [-0.2, 0) is 9.84 Å². The van der Waals surface area contributed by atoms with Crippen molar-refractivity contribution >= 4 is 27.2 Å². The summed E-state index contributed by atoms with van der Waals surface area (Å²) in [5.74, 6) is 0.0275. The number of benzene rings is 2. The van der Waals surface area contributed by atoms with Crippen LogP contribution in [-0.4, -0.2) is 38.0 Å². The van der Waals surface area contributed by atoms with Gasteiger partial charge in [-0.05, 0) is 37.6 Å². The zero-order valence-corrected chi connectivity index (χ0v) is 15.0. The molecule has 0 unspecified atom stereocenters. The molecule has 0 N–H and O–H groups in total. The highest BCUT2D eigenvalue weighted by Gasteiger charge is 2.54. The zero-order chi connectivity index (χ0) is 17.8. The topological polar surface area (TPSA) is 57.7 Å². The summed E-state index contributed by atoms with van der Waals surface area (Å²) in [5, 5.41) is 0. The maximum absolute atomic E-state index is 13.2. The smallest absolute Gasteiger partial charge is 0.288 e. The number of carbonyl (C=O) groups is 1. The van der Waals surface area contributed by atoms with E-state index in [1.54, 1.807) is 9.80 Å². The number of rotatable bonds is 2. The molecule has 2 fully saturated rings. The molecule has 2 amide bonds.